The second kappa shape index (κ2) is 9.21. The van der Waals surface area contributed by atoms with Gasteiger partial charge in [0.1, 0.15) is 5.75 Å². The van der Waals surface area contributed by atoms with Gasteiger partial charge in [-0.05, 0) is 48.5 Å². The quantitative estimate of drug-likeness (QED) is 0.557. The molecule has 3 N–H and O–H groups in total. The van der Waals surface area contributed by atoms with Crippen molar-refractivity contribution in [3.63, 3.8) is 0 Å². The molecule has 0 saturated carbocycles. The van der Waals surface area contributed by atoms with Gasteiger partial charge in [0.25, 0.3) is 0 Å². The van der Waals surface area contributed by atoms with Gasteiger partial charge in [-0.25, -0.2) is 4.79 Å². The smallest absolute Gasteiger partial charge is 0.319 e. The Labute approximate surface area is 181 Å². The second-order valence-corrected chi connectivity index (χ2v) is 7.27. The molecule has 0 spiro atoms. The van der Waals surface area contributed by atoms with Crippen LogP contribution in [0.15, 0.2) is 78.9 Å². The molecule has 0 bridgehead atoms. The van der Waals surface area contributed by atoms with E-state index in [4.69, 9.17) is 4.74 Å². The predicted molar refractivity (Wildman–Crippen MR) is 122 cm³/mol. The van der Waals surface area contributed by atoms with E-state index in [1.54, 1.807) is 12.0 Å². The van der Waals surface area contributed by atoms with Crippen molar-refractivity contribution in [2.24, 2.45) is 0 Å². The Balaban J connectivity index is 1.31. The van der Waals surface area contributed by atoms with Crippen LogP contribution in [-0.4, -0.2) is 31.6 Å². The molecule has 1 fully saturated rings. The lowest BCUT2D eigenvalue weighted by Gasteiger charge is -2.18. The summed E-state index contributed by atoms with van der Waals surface area (Å²) in [7, 11) is 1.59. The van der Waals surface area contributed by atoms with Crippen LogP contribution < -0.4 is 25.6 Å². The highest BCUT2D eigenvalue weighted by atomic mass is 16.5. The van der Waals surface area contributed by atoms with Gasteiger partial charge in [0.15, 0.2) is 0 Å². The van der Waals surface area contributed by atoms with E-state index >= 15 is 0 Å². The minimum atomic E-state index is -0.339. The van der Waals surface area contributed by atoms with Crippen molar-refractivity contribution in [3.05, 3.63) is 78.9 Å². The number of anilines is 4. The number of hydrogen-bond donors (Lipinski definition) is 3. The summed E-state index contributed by atoms with van der Waals surface area (Å²) in [4.78, 5) is 26.5. The molecular weight excluding hydrogens is 392 g/mol. The zero-order chi connectivity index (χ0) is 21.6. The molecule has 3 aromatic carbocycles. The fraction of sp³-hybridized carbons (Fsp3) is 0.167. The summed E-state index contributed by atoms with van der Waals surface area (Å²) in [5.41, 5.74) is 3.35. The van der Waals surface area contributed by atoms with Gasteiger partial charge in [0, 0.05) is 41.8 Å². The highest BCUT2D eigenvalue weighted by molar-refractivity contribution is 5.97. The summed E-state index contributed by atoms with van der Waals surface area (Å²) >= 11 is 0. The Morgan fingerprint density at radius 1 is 0.935 bits per heavy atom. The van der Waals surface area contributed by atoms with Crippen molar-refractivity contribution >= 4 is 34.7 Å². The highest BCUT2D eigenvalue weighted by Crippen LogP contribution is 2.25. The molecule has 7 heteroatoms. The summed E-state index contributed by atoms with van der Waals surface area (Å²) < 4.78 is 5.23. The fourth-order valence-electron chi connectivity index (χ4n) is 3.51. The zero-order valence-electron chi connectivity index (χ0n) is 17.2. The van der Waals surface area contributed by atoms with Crippen LogP contribution in [0.3, 0.4) is 0 Å². The molecular formula is C24H24N4O3. The summed E-state index contributed by atoms with van der Waals surface area (Å²) in [5, 5.41) is 9.00. The van der Waals surface area contributed by atoms with E-state index in [0.717, 1.165) is 17.1 Å². The van der Waals surface area contributed by atoms with E-state index in [-0.39, 0.29) is 24.4 Å². The molecule has 7 nitrogen and oxygen atoms in total. The number of ether oxygens (including phenoxy) is 1. The maximum absolute atomic E-state index is 12.4. The van der Waals surface area contributed by atoms with Crippen LogP contribution in [0.2, 0.25) is 0 Å². The number of urea groups is 1. The highest BCUT2D eigenvalue weighted by Gasteiger charge is 2.31. The first-order valence-electron chi connectivity index (χ1n) is 10.0. The standard InChI is InChI=1S/C24H24N4O3/c1-31-22-9-5-8-21(15-22)28-16-20(14-23(28)29)27-24(30)26-19-12-10-18(11-13-19)25-17-6-3-2-4-7-17/h2-13,15,20,25H,14,16H2,1H3,(H2,26,27,30). The van der Waals surface area contributed by atoms with Crippen LogP contribution in [0.5, 0.6) is 5.75 Å². The van der Waals surface area contributed by atoms with Gasteiger partial charge in [-0.1, -0.05) is 24.3 Å². The largest absolute Gasteiger partial charge is 0.497 e. The van der Waals surface area contributed by atoms with Gasteiger partial charge in [-0.2, -0.15) is 0 Å². The number of rotatable bonds is 6. The number of para-hydroxylation sites is 1. The molecule has 0 aliphatic carbocycles. The van der Waals surface area contributed by atoms with Crippen molar-refractivity contribution in [1.29, 1.82) is 0 Å². The molecule has 0 aromatic heterocycles. The maximum Gasteiger partial charge on any atom is 0.319 e. The monoisotopic (exact) mass is 416 g/mol. The van der Waals surface area contributed by atoms with Gasteiger partial charge in [-0.15, -0.1) is 0 Å². The van der Waals surface area contributed by atoms with Crippen molar-refractivity contribution in [2.75, 3.05) is 29.2 Å². The molecule has 1 heterocycles. The summed E-state index contributed by atoms with van der Waals surface area (Å²) in [5.74, 6) is 0.652. The molecule has 3 amide bonds. The van der Waals surface area contributed by atoms with E-state index in [9.17, 15) is 9.59 Å². The number of nitrogens with zero attached hydrogens (tertiary/aromatic N) is 1. The first kappa shape index (κ1) is 20.3. The van der Waals surface area contributed by atoms with Crippen LogP contribution in [0.1, 0.15) is 6.42 Å². The molecule has 1 aliphatic heterocycles. The molecule has 0 radical (unpaired) electrons. The third-order valence-corrected chi connectivity index (χ3v) is 5.03. The third-order valence-electron chi connectivity index (χ3n) is 5.03. The number of carbonyl (C=O) groups excluding carboxylic acids is 2. The van der Waals surface area contributed by atoms with E-state index in [2.05, 4.69) is 16.0 Å². The third kappa shape index (κ3) is 5.14. The zero-order valence-corrected chi connectivity index (χ0v) is 17.2. The Bertz CT molecular complexity index is 1050. The molecule has 1 saturated heterocycles. The number of carbonyl (C=O) groups is 2. The molecule has 1 aliphatic rings. The van der Waals surface area contributed by atoms with Gasteiger partial charge < -0.3 is 25.6 Å². The van der Waals surface area contributed by atoms with E-state index in [1.165, 1.54) is 0 Å². The molecule has 158 valence electrons. The van der Waals surface area contributed by atoms with E-state index < -0.39 is 0 Å². The van der Waals surface area contributed by atoms with Crippen molar-refractivity contribution in [1.82, 2.24) is 5.32 Å². The van der Waals surface area contributed by atoms with E-state index in [0.29, 0.717) is 18.0 Å². The minimum absolute atomic E-state index is 0.0325. The number of hydrogen-bond acceptors (Lipinski definition) is 4. The van der Waals surface area contributed by atoms with Crippen molar-refractivity contribution in [3.8, 4) is 5.75 Å². The lowest BCUT2D eigenvalue weighted by Crippen LogP contribution is -2.39. The minimum Gasteiger partial charge on any atom is -0.497 e. The molecule has 1 atom stereocenters. The Hall–Kier alpha value is -4.00. The van der Waals surface area contributed by atoms with Crippen LogP contribution in [0, 0.1) is 0 Å². The summed E-state index contributed by atoms with van der Waals surface area (Å²) in [6.45, 7) is 0.416. The van der Waals surface area contributed by atoms with Gasteiger partial charge in [0.05, 0.1) is 13.2 Å². The predicted octanol–water partition coefficient (Wildman–Crippen LogP) is 4.37. The summed E-state index contributed by atoms with van der Waals surface area (Å²) in [6.07, 6.45) is 0.255. The first-order chi connectivity index (χ1) is 15.1. The lowest BCUT2D eigenvalue weighted by molar-refractivity contribution is -0.117. The lowest BCUT2D eigenvalue weighted by atomic mass is 10.2. The Morgan fingerprint density at radius 3 is 2.39 bits per heavy atom. The fourth-order valence-corrected chi connectivity index (χ4v) is 3.51. The molecule has 4 rings (SSSR count). The van der Waals surface area contributed by atoms with Crippen LogP contribution in [0.4, 0.5) is 27.5 Å². The summed E-state index contributed by atoms with van der Waals surface area (Å²) in [6, 6.07) is 24.0. The second-order valence-electron chi connectivity index (χ2n) is 7.27. The Morgan fingerprint density at radius 2 is 1.65 bits per heavy atom. The van der Waals surface area contributed by atoms with Gasteiger partial charge in [-0.3, -0.25) is 4.79 Å². The Kier molecular flexibility index (Phi) is 6.03. The number of amides is 3. The van der Waals surface area contributed by atoms with Crippen LogP contribution in [0.25, 0.3) is 0 Å². The molecule has 3 aromatic rings. The average molecular weight is 416 g/mol. The molecule has 1 unspecified atom stereocenters. The molecule has 31 heavy (non-hydrogen) atoms. The van der Waals surface area contributed by atoms with Gasteiger partial charge >= 0.3 is 6.03 Å². The van der Waals surface area contributed by atoms with Crippen LogP contribution >= 0.6 is 0 Å². The first-order valence-corrected chi connectivity index (χ1v) is 10.0. The van der Waals surface area contributed by atoms with E-state index in [1.807, 2.05) is 78.9 Å². The van der Waals surface area contributed by atoms with Crippen molar-refractivity contribution in [2.45, 2.75) is 12.5 Å². The number of nitrogens with one attached hydrogen (secondary N) is 3. The maximum atomic E-state index is 12.4. The topological polar surface area (TPSA) is 82.7 Å². The van der Waals surface area contributed by atoms with Gasteiger partial charge in [0.2, 0.25) is 5.91 Å². The number of methoxy groups -OCH3 is 1. The van der Waals surface area contributed by atoms with Crippen molar-refractivity contribution < 1.29 is 14.3 Å². The SMILES string of the molecule is COc1cccc(N2CC(NC(=O)Nc3ccc(Nc4ccccc4)cc3)CC2=O)c1. The normalized spacial score (nSPS) is 15.5. The number of benzene rings is 3. The van der Waals surface area contributed by atoms with Crippen LogP contribution in [-0.2, 0) is 4.79 Å². The average Bonchev–Trinajstić information content (AvgIpc) is 3.15.